The van der Waals surface area contributed by atoms with Crippen molar-refractivity contribution in [1.82, 2.24) is 0 Å². The number of hydrogen-bond acceptors (Lipinski definition) is 4. The first-order valence-electron chi connectivity index (χ1n) is 10.6. The SMILES string of the molecule is C=C(C)C(=O)O.C=C(C)C(=O)O.C=C(C)C(=O)OCCCCCCCCCCCC. The molecule has 0 aliphatic rings. The molecule has 0 rings (SSSR count). The Labute approximate surface area is 182 Å². The van der Waals surface area contributed by atoms with E-state index in [2.05, 4.69) is 26.7 Å². The van der Waals surface area contributed by atoms with Crippen LogP contribution in [0.4, 0.5) is 0 Å². The van der Waals surface area contributed by atoms with Crippen molar-refractivity contribution in [3.63, 3.8) is 0 Å². The van der Waals surface area contributed by atoms with E-state index >= 15 is 0 Å². The lowest BCUT2D eigenvalue weighted by molar-refractivity contribution is -0.139. The van der Waals surface area contributed by atoms with Crippen molar-refractivity contribution >= 4 is 17.9 Å². The van der Waals surface area contributed by atoms with Crippen LogP contribution < -0.4 is 0 Å². The number of carbonyl (C=O) groups excluding carboxylic acids is 1. The third-order valence-corrected chi connectivity index (χ3v) is 3.81. The molecule has 0 aliphatic carbocycles. The van der Waals surface area contributed by atoms with E-state index in [0.29, 0.717) is 12.2 Å². The van der Waals surface area contributed by atoms with Gasteiger partial charge in [-0.1, -0.05) is 84.4 Å². The molecular formula is C24H42O6. The molecule has 0 saturated heterocycles. The summed E-state index contributed by atoms with van der Waals surface area (Å²) in [7, 11) is 0. The maximum Gasteiger partial charge on any atom is 0.333 e. The lowest BCUT2D eigenvalue weighted by atomic mass is 10.1. The number of carboxylic acid groups (broad SMARTS) is 2. The van der Waals surface area contributed by atoms with E-state index in [-0.39, 0.29) is 17.1 Å². The Kier molecular flexibility index (Phi) is 24.7. The highest BCUT2D eigenvalue weighted by Gasteiger charge is 2.01. The summed E-state index contributed by atoms with van der Waals surface area (Å²) < 4.78 is 5.04. The molecular weight excluding hydrogens is 384 g/mol. The lowest BCUT2D eigenvalue weighted by Gasteiger charge is -2.04. The van der Waals surface area contributed by atoms with Gasteiger partial charge in [0.15, 0.2) is 0 Å². The van der Waals surface area contributed by atoms with E-state index < -0.39 is 11.9 Å². The van der Waals surface area contributed by atoms with Gasteiger partial charge in [-0.2, -0.15) is 0 Å². The van der Waals surface area contributed by atoms with E-state index in [1.807, 2.05) is 0 Å². The number of ether oxygens (including phenoxy) is 1. The molecule has 0 atom stereocenters. The molecule has 0 aromatic heterocycles. The van der Waals surface area contributed by atoms with E-state index in [1.54, 1.807) is 6.92 Å². The molecule has 0 spiro atoms. The molecule has 0 aromatic carbocycles. The van der Waals surface area contributed by atoms with Crippen LogP contribution in [0.2, 0.25) is 0 Å². The van der Waals surface area contributed by atoms with Crippen molar-refractivity contribution < 1.29 is 29.3 Å². The van der Waals surface area contributed by atoms with Crippen LogP contribution in [0.1, 0.15) is 91.9 Å². The van der Waals surface area contributed by atoms with Gasteiger partial charge in [-0.3, -0.25) is 0 Å². The van der Waals surface area contributed by atoms with Gasteiger partial charge >= 0.3 is 17.9 Å². The Balaban J connectivity index is -0.000000495. The zero-order valence-corrected chi connectivity index (χ0v) is 19.4. The number of hydrogen-bond donors (Lipinski definition) is 2. The number of carboxylic acids is 2. The van der Waals surface area contributed by atoms with Crippen LogP contribution in [0.25, 0.3) is 0 Å². The molecule has 0 radical (unpaired) electrons. The fraction of sp³-hybridized carbons (Fsp3) is 0.625. The molecule has 0 saturated carbocycles. The number of rotatable bonds is 14. The van der Waals surface area contributed by atoms with Crippen molar-refractivity contribution in [3.05, 3.63) is 36.5 Å². The summed E-state index contributed by atoms with van der Waals surface area (Å²) in [5.41, 5.74) is 0.840. The van der Waals surface area contributed by atoms with Crippen molar-refractivity contribution in [2.24, 2.45) is 0 Å². The minimum absolute atomic E-state index is 0.176. The van der Waals surface area contributed by atoms with Crippen molar-refractivity contribution in [2.75, 3.05) is 6.61 Å². The Bertz CT molecular complexity index is 486. The third kappa shape index (κ3) is 30.4. The average Bonchev–Trinajstić information content (AvgIpc) is 2.66. The van der Waals surface area contributed by atoms with Crippen LogP contribution in [0.5, 0.6) is 0 Å². The summed E-state index contributed by atoms with van der Waals surface area (Å²) in [6.45, 7) is 17.2. The Morgan fingerprint density at radius 3 is 1.20 bits per heavy atom. The highest BCUT2D eigenvalue weighted by Crippen LogP contribution is 2.10. The lowest BCUT2D eigenvalue weighted by Crippen LogP contribution is -2.05. The van der Waals surface area contributed by atoms with Gasteiger partial charge < -0.3 is 14.9 Å². The van der Waals surface area contributed by atoms with Crippen molar-refractivity contribution in [3.8, 4) is 0 Å². The number of aliphatic carboxylic acids is 2. The van der Waals surface area contributed by atoms with Gasteiger partial charge in [0.25, 0.3) is 0 Å². The second kappa shape index (κ2) is 22.9. The van der Waals surface area contributed by atoms with Crippen LogP contribution in [0.15, 0.2) is 36.5 Å². The first-order valence-corrected chi connectivity index (χ1v) is 10.6. The van der Waals surface area contributed by atoms with Gasteiger partial charge in [0.05, 0.1) is 6.61 Å². The maximum atomic E-state index is 11.1. The van der Waals surface area contributed by atoms with Gasteiger partial charge in [0.1, 0.15) is 0 Å². The van der Waals surface area contributed by atoms with Crippen molar-refractivity contribution in [2.45, 2.75) is 91.9 Å². The summed E-state index contributed by atoms with van der Waals surface area (Å²) in [4.78, 5) is 30.3. The summed E-state index contributed by atoms with van der Waals surface area (Å²) in [5.74, 6) is -2.13. The molecule has 0 heterocycles. The molecule has 174 valence electrons. The van der Waals surface area contributed by atoms with E-state index in [4.69, 9.17) is 14.9 Å². The second-order valence-corrected chi connectivity index (χ2v) is 7.27. The van der Waals surface area contributed by atoms with Gasteiger partial charge in [0, 0.05) is 16.7 Å². The quantitative estimate of drug-likeness (QED) is 0.191. The predicted molar refractivity (Wildman–Crippen MR) is 123 cm³/mol. The second-order valence-electron chi connectivity index (χ2n) is 7.27. The molecule has 0 aliphatic heterocycles. The van der Waals surface area contributed by atoms with E-state index in [0.717, 1.165) is 6.42 Å². The number of carbonyl (C=O) groups is 3. The molecule has 6 heteroatoms. The van der Waals surface area contributed by atoms with Crippen LogP contribution in [0.3, 0.4) is 0 Å². The van der Waals surface area contributed by atoms with E-state index in [9.17, 15) is 14.4 Å². The third-order valence-electron chi connectivity index (χ3n) is 3.81. The Morgan fingerprint density at radius 1 is 0.633 bits per heavy atom. The number of unbranched alkanes of at least 4 members (excludes halogenated alkanes) is 9. The minimum Gasteiger partial charge on any atom is -0.478 e. The number of esters is 1. The van der Waals surface area contributed by atoms with Crippen LogP contribution in [-0.2, 0) is 19.1 Å². The van der Waals surface area contributed by atoms with E-state index in [1.165, 1.54) is 71.6 Å². The molecule has 0 unspecified atom stereocenters. The predicted octanol–water partition coefficient (Wildman–Crippen LogP) is 6.32. The Hall–Kier alpha value is -2.37. The topological polar surface area (TPSA) is 101 Å². The molecule has 30 heavy (non-hydrogen) atoms. The standard InChI is InChI=1S/C16H30O2.2C4H6O2/c1-4-5-6-7-8-9-10-11-12-13-14-18-16(17)15(2)3;2*1-3(2)4(5)6/h2,4-14H2,1,3H3;2*1H2,2H3,(H,5,6). The van der Waals surface area contributed by atoms with Crippen molar-refractivity contribution in [1.29, 1.82) is 0 Å². The maximum absolute atomic E-state index is 11.1. The van der Waals surface area contributed by atoms with Crippen LogP contribution in [-0.4, -0.2) is 34.7 Å². The zero-order chi connectivity index (χ0) is 23.9. The minimum atomic E-state index is -0.935. The first kappa shape index (κ1) is 32.3. The Morgan fingerprint density at radius 2 is 0.933 bits per heavy atom. The molecule has 0 bridgehead atoms. The zero-order valence-electron chi connectivity index (χ0n) is 19.4. The van der Waals surface area contributed by atoms with Gasteiger partial charge in [-0.25, -0.2) is 14.4 Å². The summed E-state index contributed by atoms with van der Waals surface area (Å²) in [6, 6.07) is 0. The van der Waals surface area contributed by atoms with Crippen LogP contribution in [0, 0.1) is 0 Å². The highest BCUT2D eigenvalue weighted by molar-refractivity contribution is 5.87. The van der Waals surface area contributed by atoms with Gasteiger partial charge in [0.2, 0.25) is 0 Å². The summed E-state index contributed by atoms with van der Waals surface area (Å²) in [6.07, 6.45) is 13.0. The fourth-order valence-corrected chi connectivity index (χ4v) is 1.88. The smallest absolute Gasteiger partial charge is 0.333 e. The first-order chi connectivity index (χ1) is 14.0. The summed E-state index contributed by atoms with van der Waals surface area (Å²) >= 11 is 0. The van der Waals surface area contributed by atoms with Crippen LogP contribution >= 0.6 is 0 Å². The molecule has 0 amide bonds. The molecule has 6 nitrogen and oxygen atoms in total. The van der Waals surface area contributed by atoms with Gasteiger partial charge in [-0.15, -0.1) is 0 Å². The summed E-state index contributed by atoms with van der Waals surface area (Å²) in [5, 5.41) is 15.8. The highest BCUT2D eigenvalue weighted by atomic mass is 16.5. The monoisotopic (exact) mass is 426 g/mol. The molecule has 0 aromatic rings. The average molecular weight is 427 g/mol. The molecule has 0 fully saturated rings. The molecule has 2 N–H and O–H groups in total. The normalized spacial score (nSPS) is 9.20. The fourth-order valence-electron chi connectivity index (χ4n) is 1.88. The largest absolute Gasteiger partial charge is 0.478 e. The van der Waals surface area contributed by atoms with Gasteiger partial charge in [-0.05, 0) is 27.2 Å².